The minimum atomic E-state index is -1.59. The molecule has 3 amide bonds. The van der Waals surface area contributed by atoms with Crippen LogP contribution in [-0.4, -0.2) is 352 Å². The fourth-order valence-corrected chi connectivity index (χ4v) is 8.94. The fraction of sp³-hybridized carbons (Fsp3) is 0.941. The quantitative estimate of drug-likeness (QED) is 0.0117. The molecule has 0 spiro atoms. The lowest BCUT2D eigenvalue weighted by Crippen LogP contribution is -2.59. The third-order valence-corrected chi connectivity index (χ3v) is 14.1. The first kappa shape index (κ1) is 84.2. The second-order valence-corrected chi connectivity index (χ2v) is 21.9. The largest absolute Gasteiger partial charge is 0.387 e. The van der Waals surface area contributed by atoms with Crippen molar-refractivity contribution in [1.82, 2.24) is 16.0 Å². The summed E-state index contributed by atoms with van der Waals surface area (Å²) in [7, 11) is -0.0881. The van der Waals surface area contributed by atoms with Crippen molar-refractivity contribution in [3.63, 3.8) is 0 Å². The van der Waals surface area contributed by atoms with E-state index in [-0.39, 0.29) is 215 Å². The van der Waals surface area contributed by atoms with E-state index >= 15 is 0 Å². The Hall–Kier alpha value is -2.05. The van der Waals surface area contributed by atoms with Gasteiger partial charge in [-0.05, 0) is 0 Å². The number of rotatable bonds is 57. The Bertz CT molecular complexity index is 1780. The number of ether oxygens (including phenoxy) is 16. The van der Waals surface area contributed by atoms with Crippen molar-refractivity contribution in [3.8, 4) is 0 Å². The van der Waals surface area contributed by atoms with Crippen LogP contribution in [0.5, 0.6) is 0 Å². The molecule has 0 bridgehead atoms. The maximum atomic E-state index is 12.6. The molecule has 14 N–H and O–H groups in total. The predicted octanol–water partition coefficient (Wildman–Crippen LogP) is -6.33. The van der Waals surface area contributed by atoms with Crippen molar-refractivity contribution in [1.29, 1.82) is 0 Å². The van der Waals surface area contributed by atoms with Gasteiger partial charge in [-0.1, -0.05) is 17.0 Å². The number of hydrogen-bond donors (Lipinski definition) is 14. The minimum absolute atomic E-state index is 0.00905. The lowest BCUT2D eigenvalue weighted by atomic mass is 9.94. The maximum absolute atomic E-state index is 12.6. The molecule has 3 saturated heterocycles. The highest BCUT2D eigenvalue weighted by atomic mass is 31.1. The molecule has 3 aliphatic rings. The summed E-state index contributed by atoms with van der Waals surface area (Å²) in [5.41, 5.74) is -0.771. The Labute approximate surface area is 534 Å². The van der Waals surface area contributed by atoms with E-state index < -0.39 is 116 Å². The van der Waals surface area contributed by atoms with Crippen LogP contribution in [0.25, 0.3) is 0 Å². The van der Waals surface area contributed by atoms with Crippen LogP contribution in [0.4, 0.5) is 0 Å². The first-order chi connectivity index (χ1) is 44.5. The zero-order chi connectivity index (χ0) is 67.2. The molecule has 92 heavy (non-hydrogen) atoms. The number of methoxy groups -OCH3 is 1. The third-order valence-electron chi connectivity index (χ3n) is 13.2. The van der Waals surface area contributed by atoms with Gasteiger partial charge in [0.05, 0.1) is 159 Å². The predicted molar refractivity (Wildman–Crippen MR) is 306 cm³/mol. The van der Waals surface area contributed by atoms with E-state index in [0.29, 0.717) is 0 Å². The van der Waals surface area contributed by atoms with Crippen LogP contribution in [0.15, 0.2) is 0 Å². The second kappa shape index (κ2) is 52.1. The van der Waals surface area contributed by atoms with Crippen molar-refractivity contribution in [2.75, 3.05) is 185 Å². The zero-order valence-electron chi connectivity index (χ0n) is 51.5. The molecule has 0 saturated carbocycles. The van der Waals surface area contributed by atoms with Gasteiger partial charge in [0.15, 0.2) is 36.9 Å². The summed E-state index contributed by atoms with van der Waals surface area (Å²) in [5, 5.41) is 123. The highest BCUT2D eigenvalue weighted by Crippen LogP contribution is 2.27. The average molecular weight is 1390 g/mol. The molecule has 0 aromatic heterocycles. The molecule has 39 nitrogen and oxygen atoms in total. The van der Waals surface area contributed by atoms with Crippen molar-refractivity contribution in [2.24, 2.45) is 5.41 Å². The van der Waals surface area contributed by atoms with Gasteiger partial charge in [0.1, 0.15) is 73.2 Å². The SMILES string of the molecule is COCC1OC(OCCOCCOCCNC(=O)CCOCC(C)(COCCC(=O)NCCOCCOCCOC2OC(COPOOO)C(O)C(O)C2O)COCCC(=O)NCCOCCOCCOC2OC(COPOOO)C(O)C(O)C2O)C(O)C(O)C1O. The molecule has 0 radical (unpaired) electrons. The van der Waals surface area contributed by atoms with E-state index in [1.807, 2.05) is 6.92 Å². The molecule has 3 fully saturated rings. The van der Waals surface area contributed by atoms with Crippen molar-refractivity contribution < 1.29 is 175 Å². The Morgan fingerprint density at radius 3 is 0.957 bits per heavy atom. The summed E-state index contributed by atoms with van der Waals surface area (Å²) in [6.45, 7) is 4.26. The molecule has 0 aromatic carbocycles. The average Bonchev–Trinajstić information content (AvgIpc) is 1.48. The molecule has 17 atom stereocenters. The van der Waals surface area contributed by atoms with E-state index in [1.165, 1.54) is 7.11 Å². The molecule has 3 aliphatic heterocycles. The van der Waals surface area contributed by atoms with Crippen molar-refractivity contribution >= 4 is 35.8 Å². The van der Waals surface area contributed by atoms with Gasteiger partial charge < -0.3 is 147 Å². The summed E-state index contributed by atoms with van der Waals surface area (Å²) >= 11 is 0. The summed E-state index contributed by atoms with van der Waals surface area (Å²) in [5.74, 6) is -0.874. The lowest BCUT2D eigenvalue weighted by Gasteiger charge is -2.40. The van der Waals surface area contributed by atoms with E-state index in [1.54, 1.807) is 0 Å². The monoisotopic (exact) mass is 1390 g/mol. The van der Waals surface area contributed by atoms with Crippen LogP contribution in [0.3, 0.4) is 0 Å². The lowest BCUT2D eigenvalue weighted by molar-refractivity contribution is -0.438. The zero-order valence-corrected chi connectivity index (χ0v) is 53.5. The van der Waals surface area contributed by atoms with E-state index in [0.717, 1.165) is 0 Å². The molecular formula is C51H97N3O36P2. The second-order valence-electron chi connectivity index (χ2n) is 20.7. The van der Waals surface area contributed by atoms with Gasteiger partial charge in [-0.25, -0.2) is 10.5 Å². The van der Waals surface area contributed by atoms with E-state index in [9.17, 15) is 60.3 Å². The van der Waals surface area contributed by atoms with Gasteiger partial charge in [0, 0.05) is 51.4 Å². The molecule has 0 aromatic rings. The van der Waals surface area contributed by atoms with Crippen LogP contribution in [0.1, 0.15) is 26.2 Å². The molecule has 3 rings (SSSR count). The standard InChI is InChI=1S/C51H97N3O36P2/c1-51(30-76-9-3-36(55)52-6-12-70-15-18-73-21-24-79-48-45(64)42(61)39(58)33(84-48)27-69-2,31-77-10-4-37(56)53-7-13-71-16-19-74-22-25-80-49-46(65)43(62)40(59)34(85-49)28-82-91-89-87-67)32-78-11-5-38(57)54-8-14-72-17-20-75-23-26-81-50-47(66)44(63)41(60)35(86-50)29-83-92-90-88-68/h33-35,39-50,58-68,91-92H,3-32H2,1-2H3,(H,52,55)(H,53,56)(H,54,57). The number of amides is 3. The van der Waals surface area contributed by atoms with E-state index in [4.69, 9.17) is 95.4 Å². The normalized spacial score (nSPS) is 27.7. The first-order valence-electron chi connectivity index (χ1n) is 29.6. The number of hydrogen-bond acceptors (Lipinski definition) is 36. The van der Waals surface area contributed by atoms with Crippen molar-refractivity contribution in [2.45, 2.75) is 118 Å². The maximum Gasteiger partial charge on any atom is 0.222 e. The topological polar surface area (TPSA) is 513 Å². The Kier molecular flexibility index (Phi) is 47.6. The van der Waals surface area contributed by atoms with Crippen LogP contribution in [-0.2, 0) is 119 Å². The molecule has 41 heteroatoms. The number of carbonyl (C=O) groups is 3. The fourth-order valence-electron chi connectivity index (χ4n) is 8.31. The van der Waals surface area contributed by atoms with Gasteiger partial charge in [0.25, 0.3) is 0 Å². The van der Waals surface area contributed by atoms with Gasteiger partial charge >= 0.3 is 0 Å². The summed E-state index contributed by atoms with van der Waals surface area (Å²) in [4.78, 5) is 37.7. The van der Waals surface area contributed by atoms with E-state index in [2.05, 4.69) is 35.4 Å². The van der Waals surface area contributed by atoms with Gasteiger partial charge in [-0.3, -0.25) is 14.4 Å². The molecular weight excluding hydrogens is 1290 g/mol. The Morgan fingerprint density at radius 1 is 0.380 bits per heavy atom. The molecule has 17 unspecified atom stereocenters. The van der Waals surface area contributed by atoms with Crippen molar-refractivity contribution in [3.05, 3.63) is 0 Å². The first-order valence-corrected chi connectivity index (χ1v) is 31.2. The number of nitrogens with one attached hydrogen (secondary N) is 3. The molecule has 0 aliphatic carbocycles. The highest BCUT2D eigenvalue weighted by molar-refractivity contribution is 7.26. The van der Waals surface area contributed by atoms with Crippen LogP contribution in [0, 0.1) is 5.41 Å². The Balaban J connectivity index is 1.28. The van der Waals surface area contributed by atoms with Gasteiger partial charge in [-0.2, -0.15) is 9.35 Å². The number of aliphatic hydroxyl groups is 9. The highest BCUT2D eigenvalue weighted by Gasteiger charge is 2.47. The molecule has 542 valence electrons. The van der Waals surface area contributed by atoms with Gasteiger partial charge in [0.2, 0.25) is 17.7 Å². The van der Waals surface area contributed by atoms with Crippen LogP contribution < -0.4 is 16.0 Å². The Morgan fingerprint density at radius 2 is 0.663 bits per heavy atom. The molecule has 3 heterocycles. The summed E-state index contributed by atoms with van der Waals surface area (Å²) < 4.78 is 107. The smallest absolute Gasteiger partial charge is 0.222 e. The van der Waals surface area contributed by atoms with Gasteiger partial charge in [-0.15, -0.1) is 0 Å². The minimum Gasteiger partial charge on any atom is -0.387 e. The summed E-state index contributed by atoms with van der Waals surface area (Å²) in [6, 6.07) is 0. The van der Waals surface area contributed by atoms with Crippen LogP contribution >= 0.6 is 18.1 Å². The number of carbonyl (C=O) groups excluding carboxylic acids is 3. The third kappa shape index (κ3) is 36.0. The summed E-state index contributed by atoms with van der Waals surface area (Å²) in [6.07, 6.45) is -20.3. The van der Waals surface area contributed by atoms with Crippen LogP contribution in [0.2, 0.25) is 0 Å². The number of aliphatic hydroxyl groups excluding tert-OH is 9.